The number of hydrogen-bond donors (Lipinski definition) is 2. The van der Waals surface area contributed by atoms with Gasteiger partial charge in [0.15, 0.2) is 6.10 Å². The summed E-state index contributed by atoms with van der Waals surface area (Å²) in [6.45, 7) is 7.14. The molecule has 0 saturated carbocycles. The lowest BCUT2D eigenvalue weighted by molar-refractivity contribution is -0.122. The van der Waals surface area contributed by atoms with Crippen LogP contribution >= 0.6 is 0 Å². The summed E-state index contributed by atoms with van der Waals surface area (Å²) >= 11 is 0. The number of carbonyl (C=O) groups is 2. The number of anilines is 1. The van der Waals surface area contributed by atoms with E-state index in [9.17, 15) is 9.59 Å². The lowest BCUT2D eigenvalue weighted by Crippen LogP contribution is -2.35. The number of rotatable bonds is 8. The molecule has 0 spiro atoms. The number of nitrogens with one attached hydrogen (secondary N) is 2. The molecular formula is C24H30N2O4. The Morgan fingerprint density at radius 1 is 1.17 bits per heavy atom. The summed E-state index contributed by atoms with van der Waals surface area (Å²) < 4.78 is 11.5. The molecule has 160 valence electrons. The van der Waals surface area contributed by atoms with Gasteiger partial charge in [0, 0.05) is 13.2 Å². The number of ether oxygens (including phenoxy) is 2. The van der Waals surface area contributed by atoms with Gasteiger partial charge in [0.05, 0.1) is 17.4 Å². The van der Waals surface area contributed by atoms with E-state index in [-0.39, 0.29) is 17.9 Å². The van der Waals surface area contributed by atoms with Crippen molar-refractivity contribution in [1.82, 2.24) is 5.32 Å². The number of hydrogen-bond acceptors (Lipinski definition) is 4. The van der Waals surface area contributed by atoms with E-state index in [1.165, 1.54) is 5.56 Å². The second-order valence-electron chi connectivity index (χ2n) is 7.64. The van der Waals surface area contributed by atoms with E-state index in [1.54, 1.807) is 24.3 Å². The number of benzene rings is 2. The van der Waals surface area contributed by atoms with Crippen molar-refractivity contribution in [2.24, 2.45) is 0 Å². The summed E-state index contributed by atoms with van der Waals surface area (Å²) in [5.74, 6) is 0.141. The van der Waals surface area contributed by atoms with Crippen LogP contribution in [-0.2, 0) is 9.53 Å². The predicted octanol–water partition coefficient (Wildman–Crippen LogP) is 4.01. The Hall–Kier alpha value is -2.86. The van der Waals surface area contributed by atoms with Gasteiger partial charge in [0.25, 0.3) is 11.8 Å². The third-order valence-electron chi connectivity index (χ3n) is 5.36. The molecule has 1 aliphatic heterocycles. The fraction of sp³-hybridized carbons (Fsp3) is 0.417. The van der Waals surface area contributed by atoms with Crippen molar-refractivity contribution in [3.63, 3.8) is 0 Å². The molecule has 1 fully saturated rings. The van der Waals surface area contributed by atoms with Crippen LogP contribution in [0.5, 0.6) is 5.75 Å². The van der Waals surface area contributed by atoms with Crippen LogP contribution < -0.4 is 15.4 Å². The van der Waals surface area contributed by atoms with Crippen LogP contribution in [0.2, 0.25) is 0 Å². The average molecular weight is 411 g/mol. The smallest absolute Gasteiger partial charge is 0.265 e. The van der Waals surface area contributed by atoms with Gasteiger partial charge in [-0.15, -0.1) is 0 Å². The summed E-state index contributed by atoms with van der Waals surface area (Å²) in [7, 11) is 0. The van der Waals surface area contributed by atoms with Gasteiger partial charge in [-0.25, -0.2) is 0 Å². The van der Waals surface area contributed by atoms with Crippen LogP contribution in [0.4, 0.5) is 5.69 Å². The number of para-hydroxylation sites is 1. The van der Waals surface area contributed by atoms with Gasteiger partial charge in [-0.1, -0.05) is 25.1 Å². The van der Waals surface area contributed by atoms with Crippen molar-refractivity contribution in [3.8, 4) is 5.75 Å². The van der Waals surface area contributed by atoms with Crippen molar-refractivity contribution in [1.29, 1.82) is 0 Å². The number of carbonyl (C=O) groups excluding carboxylic acids is 2. The van der Waals surface area contributed by atoms with Gasteiger partial charge in [-0.2, -0.15) is 0 Å². The fourth-order valence-corrected chi connectivity index (χ4v) is 3.38. The number of aryl methyl sites for hydroxylation is 2. The van der Waals surface area contributed by atoms with Crippen LogP contribution in [0.1, 0.15) is 47.7 Å². The summed E-state index contributed by atoms with van der Waals surface area (Å²) in [6, 6.07) is 12.8. The minimum atomic E-state index is -0.657. The summed E-state index contributed by atoms with van der Waals surface area (Å²) in [5.41, 5.74) is 3.16. The van der Waals surface area contributed by atoms with Crippen LogP contribution in [0.15, 0.2) is 42.5 Å². The predicted molar refractivity (Wildman–Crippen MR) is 117 cm³/mol. The van der Waals surface area contributed by atoms with Crippen molar-refractivity contribution >= 4 is 17.5 Å². The van der Waals surface area contributed by atoms with Crippen LogP contribution in [0.3, 0.4) is 0 Å². The first-order valence-electron chi connectivity index (χ1n) is 10.5. The molecule has 3 rings (SSSR count). The topological polar surface area (TPSA) is 76.7 Å². The molecule has 6 nitrogen and oxygen atoms in total. The van der Waals surface area contributed by atoms with Crippen molar-refractivity contribution in [2.45, 2.75) is 52.2 Å². The van der Waals surface area contributed by atoms with Gasteiger partial charge in [-0.3, -0.25) is 9.59 Å². The monoisotopic (exact) mass is 410 g/mol. The molecule has 0 bridgehead atoms. The normalized spacial score (nSPS) is 16.7. The first-order chi connectivity index (χ1) is 14.5. The zero-order valence-electron chi connectivity index (χ0n) is 17.9. The molecule has 0 aliphatic carbocycles. The lowest BCUT2D eigenvalue weighted by Gasteiger charge is -2.19. The molecule has 2 aromatic rings. The first kappa shape index (κ1) is 21.8. The maximum atomic E-state index is 12.9. The van der Waals surface area contributed by atoms with E-state index >= 15 is 0 Å². The molecular weight excluding hydrogens is 380 g/mol. The fourth-order valence-electron chi connectivity index (χ4n) is 3.38. The molecule has 0 radical (unpaired) electrons. The minimum Gasteiger partial charge on any atom is -0.481 e. The first-order valence-corrected chi connectivity index (χ1v) is 10.5. The summed E-state index contributed by atoms with van der Waals surface area (Å²) in [5, 5.41) is 5.76. The van der Waals surface area contributed by atoms with E-state index in [2.05, 4.69) is 10.6 Å². The standard InChI is InChI=1S/C24H30N2O4/c1-4-22(30-18-12-11-16(2)17(3)14-18)24(28)26-21-10-6-5-9-20(21)23(27)25-15-19-8-7-13-29-19/h5-6,9-12,14,19,22H,4,7-8,13,15H2,1-3H3,(H,25,27)(H,26,28)/t19-,22+/m0/s1. The van der Waals surface area contributed by atoms with Crippen molar-refractivity contribution in [3.05, 3.63) is 59.2 Å². The molecule has 0 unspecified atom stereocenters. The van der Waals surface area contributed by atoms with E-state index in [0.29, 0.717) is 30.0 Å². The Balaban J connectivity index is 1.65. The Labute approximate surface area is 178 Å². The Morgan fingerprint density at radius 2 is 1.97 bits per heavy atom. The zero-order chi connectivity index (χ0) is 21.5. The van der Waals surface area contributed by atoms with E-state index in [1.807, 2.05) is 39.0 Å². The van der Waals surface area contributed by atoms with Crippen LogP contribution in [0.25, 0.3) is 0 Å². The zero-order valence-corrected chi connectivity index (χ0v) is 17.9. The molecule has 1 saturated heterocycles. The van der Waals surface area contributed by atoms with Gasteiger partial charge in [-0.05, 0) is 68.5 Å². The highest BCUT2D eigenvalue weighted by Crippen LogP contribution is 2.21. The second kappa shape index (κ2) is 10.3. The van der Waals surface area contributed by atoms with E-state index < -0.39 is 6.10 Å². The van der Waals surface area contributed by atoms with Crippen LogP contribution in [-0.4, -0.2) is 37.2 Å². The highest BCUT2D eigenvalue weighted by Gasteiger charge is 2.22. The Kier molecular flexibility index (Phi) is 7.46. The Bertz CT molecular complexity index is 891. The van der Waals surface area contributed by atoms with Gasteiger partial charge in [0.1, 0.15) is 5.75 Å². The average Bonchev–Trinajstić information content (AvgIpc) is 3.26. The Morgan fingerprint density at radius 3 is 2.67 bits per heavy atom. The highest BCUT2D eigenvalue weighted by atomic mass is 16.5. The summed E-state index contributed by atoms with van der Waals surface area (Å²) in [4.78, 5) is 25.5. The second-order valence-corrected chi connectivity index (χ2v) is 7.64. The maximum absolute atomic E-state index is 12.9. The minimum absolute atomic E-state index is 0.0616. The molecule has 2 atom stereocenters. The van der Waals surface area contributed by atoms with Crippen molar-refractivity contribution < 1.29 is 19.1 Å². The summed E-state index contributed by atoms with van der Waals surface area (Å²) in [6.07, 6.45) is 1.88. The van der Waals surface area contributed by atoms with E-state index in [4.69, 9.17) is 9.47 Å². The van der Waals surface area contributed by atoms with Gasteiger partial charge in [0.2, 0.25) is 0 Å². The quantitative estimate of drug-likeness (QED) is 0.689. The maximum Gasteiger partial charge on any atom is 0.265 e. The molecule has 1 aliphatic rings. The molecule has 30 heavy (non-hydrogen) atoms. The van der Waals surface area contributed by atoms with E-state index in [0.717, 1.165) is 25.0 Å². The molecule has 2 aromatic carbocycles. The van der Waals surface area contributed by atoms with Gasteiger partial charge >= 0.3 is 0 Å². The molecule has 0 aromatic heterocycles. The van der Waals surface area contributed by atoms with Crippen molar-refractivity contribution in [2.75, 3.05) is 18.5 Å². The van der Waals surface area contributed by atoms with Gasteiger partial charge < -0.3 is 20.1 Å². The molecule has 2 amide bonds. The number of amides is 2. The molecule has 6 heteroatoms. The highest BCUT2D eigenvalue weighted by molar-refractivity contribution is 6.04. The third-order valence-corrected chi connectivity index (χ3v) is 5.36. The largest absolute Gasteiger partial charge is 0.481 e. The van der Waals surface area contributed by atoms with Crippen LogP contribution in [0, 0.1) is 13.8 Å². The third kappa shape index (κ3) is 5.60. The molecule has 2 N–H and O–H groups in total. The molecule has 1 heterocycles. The SMILES string of the molecule is CC[C@@H](Oc1ccc(C)c(C)c1)C(=O)Nc1ccccc1C(=O)NC[C@@H]1CCCO1. The lowest BCUT2D eigenvalue weighted by atomic mass is 10.1.